The summed E-state index contributed by atoms with van der Waals surface area (Å²) >= 11 is 0. The van der Waals surface area contributed by atoms with Gasteiger partial charge in [0.25, 0.3) is 0 Å². The number of benzene rings is 2. The van der Waals surface area contributed by atoms with Gasteiger partial charge in [0, 0.05) is 7.05 Å². The predicted octanol–water partition coefficient (Wildman–Crippen LogP) is 2.66. The Labute approximate surface area is 142 Å². The van der Waals surface area contributed by atoms with Crippen LogP contribution in [0, 0.1) is 0 Å². The molecule has 0 saturated carbocycles. The third-order valence-electron chi connectivity index (χ3n) is 3.68. The van der Waals surface area contributed by atoms with Gasteiger partial charge >= 0.3 is 0 Å². The van der Waals surface area contributed by atoms with E-state index in [2.05, 4.69) is 0 Å². The fraction of sp³-hybridized carbons (Fsp3) is 0.316. The number of rotatable bonds is 8. The van der Waals surface area contributed by atoms with Crippen LogP contribution in [0.25, 0.3) is 0 Å². The van der Waals surface area contributed by atoms with Gasteiger partial charge in [-0.05, 0) is 29.8 Å². The van der Waals surface area contributed by atoms with Crippen LogP contribution in [-0.4, -0.2) is 43.2 Å². The molecule has 0 fully saturated rings. The average Bonchev–Trinajstić information content (AvgIpc) is 2.62. The maximum absolute atomic E-state index is 12.1. The first kappa shape index (κ1) is 17.8. The maximum atomic E-state index is 12.1. The minimum Gasteiger partial charge on any atom is -0.497 e. The summed E-state index contributed by atoms with van der Waals surface area (Å²) in [4.78, 5) is 13.6. The van der Waals surface area contributed by atoms with Crippen LogP contribution < -0.4 is 9.47 Å². The highest BCUT2D eigenvalue weighted by molar-refractivity contribution is 5.76. The molecule has 2 aromatic carbocycles. The number of hydrogen-bond donors (Lipinski definition) is 1. The molecule has 0 radical (unpaired) electrons. The number of para-hydroxylation sites is 1. The summed E-state index contributed by atoms with van der Waals surface area (Å²) in [6.45, 7) is 0.528. The molecule has 0 spiro atoms. The van der Waals surface area contributed by atoms with E-state index >= 15 is 0 Å². The highest BCUT2D eigenvalue weighted by Crippen LogP contribution is 2.19. The third-order valence-corrected chi connectivity index (χ3v) is 3.68. The van der Waals surface area contributed by atoms with Gasteiger partial charge in [-0.3, -0.25) is 4.79 Å². The molecule has 1 N–H and O–H groups in total. The molecule has 0 aliphatic heterocycles. The van der Waals surface area contributed by atoms with E-state index in [0.29, 0.717) is 12.4 Å². The number of aliphatic hydroxyl groups is 1. The molecule has 0 heterocycles. The fourth-order valence-corrected chi connectivity index (χ4v) is 2.28. The van der Waals surface area contributed by atoms with Gasteiger partial charge in [0.15, 0.2) is 0 Å². The average molecular weight is 329 g/mol. The molecule has 0 aliphatic rings. The molecular weight excluding hydrogens is 306 g/mol. The largest absolute Gasteiger partial charge is 0.497 e. The van der Waals surface area contributed by atoms with Crippen molar-refractivity contribution < 1.29 is 19.4 Å². The van der Waals surface area contributed by atoms with Crippen LogP contribution in [-0.2, 0) is 4.79 Å². The normalized spacial score (nSPS) is 11.6. The summed E-state index contributed by atoms with van der Waals surface area (Å²) in [5.74, 6) is 1.34. The minimum atomic E-state index is -0.760. The van der Waals surface area contributed by atoms with E-state index in [1.54, 1.807) is 20.2 Å². The van der Waals surface area contributed by atoms with Gasteiger partial charge in [-0.1, -0.05) is 30.3 Å². The third kappa shape index (κ3) is 5.28. The molecule has 5 nitrogen and oxygen atoms in total. The number of methoxy groups -OCH3 is 1. The van der Waals surface area contributed by atoms with Crippen molar-refractivity contribution in [1.29, 1.82) is 0 Å². The molecule has 5 heteroatoms. The lowest BCUT2D eigenvalue weighted by atomic mass is 10.1. The zero-order chi connectivity index (χ0) is 17.4. The molecule has 0 aromatic heterocycles. The van der Waals surface area contributed by atoms with Gasteiger partial charge in [-0.15, -0.1) is 0 Å². The number of carbonyl (C=O) groups excluding carboxylic acids is 1. The summed E-state index contributed by atoms with van der Waals surface area (Å²) in [5, 5.41) is 10.3. The number of nitrogens with zero attached hydrogens (tertiary/aromatic N) is 1. The lowest BCUT2D eigenvalue weighted by molar-refractivity contribution is -0.131. The smallest absolute Gasteiger partial charge is 0.225 e. The second-order valence-corrected chi connectivity index (χ2v) is 5.48. The van der Waals surface area contributed by atoms with Crippen molar-refractivity contribution in [2.75, 3.05) is 27.3 Å². The van der Waals surface area contributed by atoms with Crippen LogP contribution in [0.5, 0.6) is 11.5 Å². The first-order chi connectivity index (χ1) is 11.6. The highest BCUT2D eigenvalue weighted by Gasteiger charge is 2.15. The Bertz CT molecular complexity index is 645. The Balaban J connectivity index is 1.80. The molecule has 0 bridgehead atoms. The van der Waals surface area contributed by atoms with Crippen LogP contribution in [0.1, 0.15) is 18.1 Å². The molecule has 24 heavy (non-hydrogen) atoms. The van der Waals surface area contributed by atoms with Gasteiger partial charge in [0.05, 0.1) is 32.8 Å². The maximum Gasteiger partial charge on any atom is 0.225 e. The van der Waals surface area contributed by atoms with E-state index < -0.39 is 6.10 Å². The van der Waals surface area contributed by atoms with E-state index in [9.17, 15) is 9.90 Å². The second kappa shape index (κ2) is 8.93. The van der Waals surface area contributed by atoms with Gasteiger partial charge in [0.2, 0.25) is 5.91 Å². The monoisotopic (exact) mass is 329 g/mol. The van der Waals surface area contributed by atoms with Crippen molar-refractivity contribution in [1.82, 2.24) is 4.90 Å². The first-order valence-electron chi connectivity index (χ1n) is 7.84. The number of aliphatic hydroxyl groups excluding tert-OH is 1. The first-order valence-corrected chi connectivity index (χ1v) is 7.84. The molecule has 1 amide bonds. The molecule has 128 valence electrons. The van der Waals surface area contributed by atoms with E-state index in [0.717, 1.165) is 11.3 Å². The summed E-state index contributed by atoms with van der Waals surface area (Å²) in [6, 6.07) is 16.6. The lowest BCUT2D eigenvalue weighted by Gasteiger charge is -2.21. The zero-order valence-electron chi connectivity index (χ0n) is 14.0. The second-order valence-electron chi connectivity index (χ2n) is 5.48. The van der Waals surface area contributed by atoms with Crippen molar-refractivity contribution in [2.45, 2.75) is 12.5 Å². The van der Waals surface area contributed by atoms with Gasteiger partial charge in [-0.2, -0.15) is 0 Å². The van der Waals surface area contributed by atoms with Crippen molar-refractivity contribution in [3.63, 3.8) is 0 Å². The Kier molecular flexibility index (Phi) is 6.63. The van der Waals surface area contributed by atoms with E-state index in [4.69, 9.17) is 9.47 Å². The Hall–Kier alpha value is -2.53. The quantitative estimate of drug-likeness (QED) is 0.809. The van der Waals surface area contributed by atoms with E-state index in [1.807, 2.05) is 48.5 Å². The predicted molar refractivity (Wildman–Crippen MR) is 92.1 cm³/mol. The van der Waals surface area contributed by atoms with E-state index in [-0.39, 0.29) is 18.9 Å². The van der Waals surface area contributed by atoms with Gasteiger partial charge < -0.3 is 19.5 Å². The summed E-state index contributed by atoms with van der Waals surface area (Å²) < 4.78 is 10.7. The van der Waals surface area contributed by atoms with Crippen LogP contribution >= 0.6 is 0 Å². The Morgan fingerprint density at radius 3 is 2.54 bits per heavy atom. The SMILES string of the molecule is COc1cccc(C(O)CN(C)C(=O)CCOc2ccccc2)c1. The van der Waals surface area contributed by atoms with Gasteiger partial charge in [0.1, 0.15) is 11.5 Å². The van der Waals surface area contributed by atoms with Crippen molar-refractivity contribution >= 4 is 5.91 Å². The Morgan fingerprint density at radius 1 is 1.12 bits per heavy atom. The Morgan fingerprint density at radius 2 is 1.83 bits per heavy atom. The number of carbonyl (C=O) groups is 1. The standard InChI is InChI=1S/C19H23NO4/c1-20(14-18(21)15-7-6-10-17(13-15)23-2)19(22)11-12-24-16-8-4-3-5-9-16/h3-10,13,18,21H,11-12,14H2,1-2H3. The molecule has 2 aromatic rings. The lowest BCUT2D eigenvalue weighted by Crippen LogP contribution is -2.32. The van der Waals surface area contributed by atoms with Crippen molar-refractivity contribution in [2.24, 2.45) is 0 Å². The van der Waals surface area contributed by atoms with Crippen molar-refractivity contribution in [3.05, 3.63) is 60.2 Å². The van der Waals surface area contributed by atoms with Gasteiger partial charge in [-0.25, -0.2) is 0 Å². The van der Waals surface area contributed by atoms with Crippen LogP contribution in [0.4, 0.5) is 0 Å². The summed E-state index contributed by atoms with van der Waals surface area (Å²) in [7, 11) is 3.25. The molecular formula is C19H23NO4. The van der Waals surface area contributed by atoms with Crippen molar-refractivity contribution in [3.8, 4) is 11.5 Å². The molecule has 1 unspecified atom stereocenters. The van der Waals surface area contributed by atoms with Crippen LogP contribution in [0.15, 0.2) is 54.6 Å². The topological polar surface area (TPSA) is 59.0 Å². The molecule has 2 rings (SSSR count). The van der Waals surface area contributed by atoms with Crippen LogP contribution in [0.3, 0.4) is 0 Å². The zero-order valence-corrected chi connectivity index (χ0v) is 14.0. The summed E-state index contributed by atoms with van der Waals surface area (Å²) in [6.07, 6.45) is -0.500. The number of hydrogen-bond acceptors (Lipinski definition) is 4. The number of amides is 1. The fourth-order valence-electron chi connectivity index (χ4n) is 2.28. The summed E-state index contributed by atoms with van der Waals surface area (Å²) in [5.41, 5.74) is 0.717. The van der Waals surface area contributed by atoms with E-state index in [1.165, 1.54) is 4.90 Å². The number of ether oxygens (including phenoxy) is 2. The molecule has 0 saturated heterocycles. The minimum absolute atomic E-state index is 0.0760. The molecule has 0 aliphatic carbocycles. The van der Waals surface area contributed by atoms with Crippen LogP contribution in [0.2, 0.25) is 0 Å². The molecule has 1 atom stereocenters. The number of likely N-dealkylation sites (N-methyl/N-ethyl adjacent to an activating group) is 1. The highest BCUT2D eigenvalue weighted by atomic mass is 16.5.